The molecule has 4 rings (SSSR count). The Labute approximate surface area is 193 Å². The number of carbonyl (C=O) groups is 1. The lowest BCUT2D eigenvalue weighted by Gasteiger charge is -2.21. The first kappa shape index (κ1) is 22.3. The first-order chi connectivity index (χ1) is 15.3. The minimum Gasteiger partial charge on any atom is -0.486 e. The van der Waals surface area contributed by atoms with Crippen LogP contribution in [0.4, 0.5) is 10.8 Å². The Hall–Kier alpha value is -2.95. The zero-order chi connectivity index (χ0) is 22.8. The van der Waals surface area contributed by atoms with E-state index in [1.807, 2.05) is 25.1 Å². The molecular weight excluding hydrogens is 456 g/mol. The van der Waals surface area contributed by atoms with Crippen LogP contribution in [0.3, 0.4) is 0 Å². The molecule has 0 atom stereocenters. The average Bonchev–Trinajstić information content (AvgIpc) is 3.16. The summed E-state index contributed by atoms with van der Waals surface area (Å²) in [5.74, 6) is 0.723. The molecule has 9 nitrogen and oxygen atoms in total. The quantitative estimate of drug-likeness (QED) is 0.371. The normalized spacial score (nSPS) is 12.9. The molecule has 0 spiro atoms. The molecule has 0 radical (unpaired) electrons. The Kier molecular flexibility index (Phi) is 6.45. The van der Waals surface area contributed by atoms with Gasteiger partial charge in [0, 0.05) is 29.8 Å². The number of nitrogens with zero attached hydrogens (tertiary/aromatic N) is 4. The summed E-state index contributed by atoms with van der Waals surface area (Å²) in [5.41, 5.74) is 0.299. The van der Waals surface area contributed by atoms with Gasteiger partial charge in [-0.3, -0.25) is 19.8 Å². The number of hydrogen-bond acceptors (Lipinski definition) is 8. The summed E-state index contributed by atoms with van der Waals surface area (Å²) in [6, 6.07) is 7.60. The molecule has 1 aliphatic rings. The van der Waals surface area contributed by atoms with Crippen molar-refractivity contribution in [2.45, 2.75) is 6.42 Å². The van der Waals surface area contributed by atoms with Gasteiger partial charge in [-0.2, -0.15) is 0 Å². The highest BCUT2D eigenvalue weighted by molar-refractivity contribution is 7.22. The highest BCUT2D eigenvalue weighted by Crippen LogP contribution is 2.39. The van der Waals surface area contributed by atoms with Crippen molar-refractivity contribution in [1.29, 1.82) is 0 Å². The summed E-state index contributed by atoms with van der Waals surface area (Å²) in [5, 5.41) is 12.2. The van der Waals surface area contributed by atoms with E-state index in [-0.39, 0.29) is 16.3 Å². The number of thiazole rings is 1. The van der Waals surface area contributed by atoms with Gasteiger partial charge in [0.2, 0.25) is 0 Å². The van der Waals surface area contributed by atoms with Crippen LogP contribution in [0.15, 0.2) is 30.3 Å². The lowest BCUT2D eigenvalue weighted by Crippen LogP contribution is -2.33. The molecular formula is C21H21ClN4O5S. The Bertz CT molecular complexity index is 1140. The van der Waals surface area contributed by atoms with Gasteiger partial charge in [0.25, 0.3) is 11.6 Å². The lowest BCUT2D eigenvalue weighted by atomic mass is 10.1. The minimum absolute atomic E-state index is 0.0717. The number of ether oxygens (including phenoxy) is 2. The van der Waals surface area contributed by atoms with Crippen molar-refractivity contribution in [2.24, 2.45) is 0 Å². The first-order valence-corrected chi connectivity index (χ1v) is 11.1. The van der Waals surface area contributed by atoms with Gasteiger partial charge < -0.3 is 14.4 Å². The van der Waals surface area contributed by atoms with E-state index in [2.05, 4.69) is 4.98 Å². The van der Waals surface area contributed by atoms with Gasteiger partial charge >= 0.3 is 0 Å². The summed E-state index contributed by atoms with van der Waals surface area (Å²) in [6.07, 6.45) is 0.658. The molecule has 0 unspecified atom stereocenters. The second-order valence-corrected chi connectivity index (χ2v) is 8.94. The number of rotatable bonds is 7. The van der Waals surface area contributed by atoms with Crippen LogP contribution in [-0.4, -0.2) is 61.1 Å². The average molecular weight is 477 g/mol. The molecule has 1 aliphatic heterocycles. The highest BCUT2D eigenvalue weighted by atomic mass is 35.5. The number of hydrogen-bond donors (Lipinski definition) is 0. The van der Waals surface area contributed by atoms with Crippen molar-refractivity contribution in [3.05, 3.63) is 51.0 Å². The summed E-state index contributed by atoms with van der Waals surface area (Å²) >= 11 is 7.38. The SMILES string of the molecule is CN(C)CCCN(C(=O)c1cc(Cl)ccc1[N+](=O)[O-])c1nc2cc3c(cc2s1)OCCO3. The predicted octanol–water partition coefficient (Wildman–Crippen LogP) is 4.23. The molecule has 2 heterocycles. The number of nitro groups is 1. The van der Waals surface area contributed by atoms with Gasteiger partial charge in [-0.15, -0.1) is 0 Å². The van der Waals surface area contributed by atoms with E-state index in [1.165, 1.54) is 34.4 Å². The van der Waals surface area contributed by atoms with Crippen molar-refractivity contribution >= 4 is 49.9 Å². The predicted molar refractivity (Wildman–Crippen MR) is 124 cm³/mol. The number of nitro benzene ring substituents is 1. The van der Waals surface area contributed by atoms with Crippen LogP contribution in [0.5, 0.6) is 11.5 Å². The number of aromatic nitrogens is 1. The first-order valence-electron chi connectivity index (χ1n) is 9.94. The van der Waals surface area contributed by atoms with Crippen molar-refractivity contribution in [3.8, 4) is 11.5 Å². The lowest BCUT2D eigenvalue weighted by molar-refractivity contribution is -0.385. The van der Waals surface area contributed by atoms with E-state index < -0.39 is 10.8 Å². The summed E-state index contributed by atoms with van der Waals surface area (Å²) in [7, 11) is 3.88. The van der Waals surface area contributed by atoms with Gasteiger partial charge in [-0.25, -0.2) is 4.98 Å². The van der Waals surface area contributed by atoms with Crippen LogP contribution < -0.4 is 14.4 Å². The molecule has 32 heavy (non-hydrogen) atoms. The molecule has 0 N–H and O–H groups in total. The number of anilines is 1. The van der Waals surface area contributed by atoms with E-state index in [0.29, 0.717) is 48.3 Å². The maximum absolute atomic E-state index is 13.5. The molecule has 2 aromatic carbocycles. The van der Waals surface area contributed by atoms with E-state index in [0.717, 1.165) is 11.2 Å². The molecule has 11 heteroatoms. The van der Waals surface area contributed by atoms with E-state index in [1.54, 1.807) is 6.07 Å². The largest absolute Gasteiger partial charge is 0.486 e. The second-order valence-electron chi connectivity index (χ2n) is 7.49. The van der Waals surface area contributed by atoms with Crippen LogP contribution >= 0.6 is 22.9 Å². The number of carbonyl (C=O) groups excluding carboxylic acids is 1. The zero-order valence-electron chi connectivity index (χ0n) is 17.5. The van der Waals surface area contributed by atoms with Crippen LogP contribution in [-0.2, 0) is 0 Å². The fourth-order valence-corrected chi connectivity index (χ4v) is 4.55. The molecule has 0 aliphatic carbocycles. The monoisotopic (exact) mass is 476 g/mol. The standard InChI is InChI=1S/C21H21ClN4O5S/c1-24(2)6-3-7-25(20(27)14-10-13(22)4-5-16(14)26(28)29)21-23-15-11-17-18(12-19(15)32-21)31-9-8-30-17/h4-5,10-12H,3,6-9H2,1-2H3. The molecule has 1 amide bonds. The Morgan fingerprint density at radius 2 is 1.91 bits per heavy atom. The third-order valence-electron chi connectivity index (χ3n) is 4.89. The highest BCUT2D eigenvalue weighted by Gasteiger charge is 2.28. The Morgan fingerprint density at radius 3 is 2.59 bits per heavy atom. The van der Waals surface area contributed by atoms with Crippen LogP contribution in [0, 0.1) is 10.1 Å². The number of halogens is 1. The molecule has 3 aromatic rings. The number of amides is 1. The number of fused-ring (bicyclic) bond motifs is 2. The molecule has 0 saturated heterocycles. The maximum Gasteiger partial charge on any atom is 0.282 e. The van der Waals surface area contributed by atoms with Gasteiger partial charge in [0.05, 0.1) is 15.1 Å². The summed E-state index contributed by atoms with van der Waals surface area (Å²) < 4.78 is 12.1. The van der Waals surface area contributed by atoms with E-state index >= 15 is 0 Å². The van der Waals surface area contributed by atoms with Gasteiger partial charge in [-0.1, -0.05) is 22.9 Å². The minimum atomic E-state index is -0.581. The molecule has 0 saturated carbocycles. The fourth-order valence-electron chi connectivity index (χ4n) is 3.38. The molecule has 168 valence electrons. The van der Waals surface area contributed by atoms with Crippen molar-refractivity contribution in [1.82, 2.24) is 9.88 Å². The number of benzene rings is 2. The third-order valence-corrected chi connectivity index (χ3v) is 6.17. The topological polar surface area (TPSA) is 98.0 Å². The van der Waals surface area contributed by atoms with Crippen molar-refractivity contribution in [2.75, 3.05) is 45.3 Å². The molecule has 1 aromatic heterocycles. The zero-order valence-corrected chi connectivity index (χ0v) is 19.1. The van der Waals surface area contributed by atoms with Crippen LogP contribution in [0.2, 0.25) is 5.02 Å². The fraction of sp³-hybridized carbons (Fsp3) is 0.333. The molecule has 0 bridgehead atoms. The van der Waals surface area contributed by atoms with Crippen molar-refractivity contribution < 1.29 is 19.2 Å². The summed E-state index contributed by atoms with van der Waals surface area (Å²) in [6.45, 7) is 2.01. The van der Waals surface area contributed by atoms with E-state index in [4.69, 9.17) is 21.1 Å². The van der Waals surface area contributed by atoms with Gasteiger partial charge in [-0.05, 0) is 39.2 Å². The van der Waals surface area contributed by atoms with Gasteiger partial charge in [0.15, 0.2) is 16.6 Å². The second kappa shape index (κ2) is 9.27. The smallest absolute Gasteiger partial charge is 0.282 e. The third kappa shape index (κ3) is 4.62. The Morgan fingerprint density at radius 1 is 1.19 bits per heavy atom. The maximum atomic E-state index is 13.5. The van der Waals surface area contributed by atoms with Gasteiger partial charge in [0.1, 0.15) is 18.8 Å². The van der Waals surface area contributed by atoms with E-state index in [9.17, 15) is 14.9 Å². The van der Waals surface area contributed by atoms with Crippen LogP contribution in [0.25, 0.3) is 10.2 Å². The summed E-state index contributed by atoms with van der Waals surface area (Å²) in [4.78, 5) is 32.6. The molecule has 0 fully saturated rings. The Balaban J connectivity index is 1.75. The van der Waals surface area contributed by atoms with Crippen molar-refractivity contribution in [3.63, 3.8) is 0 Å². The van der Waals surface area contributed by atoms with Crippen LogP contribution in [0.1, 0.15) is 16.8 Å².